The number of nitrogens with zero attached hydrogens (tertiary/aromatic N) is 3. The van der Waals surface area contributed by atoms with Crippen molar-refractivity contribution in [3.05, 3.63) is 89.7 Å². The van der Waals surface area contributed by atoms with Gasteiger partial charge in [-0.2, -0.15) is 0 Å². The number of carbonyl (C=O) groups excluding carboxylic acids is 1. The third-order valence-corrected chi connectivity index (χ3v) is 5.92. The fraction of sp³-hybridized carbons (Fsp3) is 0.208. The van der Waals surface area contributed by atoms with Gasteiger partial charge in [0.1, 0.15) is 0 Å². The Balaban J connectivity index is 1.62. The van der Waals surface area contributed by atoms with Crippen LogP contribution < -0.4 is 4.90 Å². The van der Waals surface area contributed by atoms with Crippen molar-refractivity contribution in [3.8, 4) is 0 Å². The van der Waals surface area contributed by atoms with Crippen molar-refractivity contribution >= 4 is 32.6 Å². The summed E-state index contributed by atoms with van der Waals surface area (Å²) in [5.74, 6) is 0.496. The average molecular weight is 402 g/mol. The number of anilines is 1. The molecule has 4 aromatic rings. The highest BCUT2D eigenvalue weighted by Crippen LogP contribution is 2.30. The van der Waals surface area contributed by atoms with Crippen LogP contribution in [0.5, 0.6) is 0 Å². The molecule has 0 aliphatic rings. The Morgan fingerprint density at radius 3 is 2.45 bits per heavy atom. The molecule has 0 unspecified atom stereocenters. The number of para-hydroxylation sites is 1. The Morgan fingerprint density at radius 2 is 1.76 bits per heavy atom. The van der Waals surface area contributed by atoms with Gasteiger partial charge in [-0.25, -0.2) is 4.98 Å². The van der Waals surface area contributed by atoms with E-state index in [4.69, 9.17) is 4.98 Å². The van der Waals surface area contributed by atoms with Crippen molar-refractivity contribution in [2.24, 2.45) is 0 Å². The Hall–Kier alpha value is -3.05. The Labute approximate surface area is 174 Å². The molecule has 5 heteroatoms. The average Bonchev–Trinajstić information content (AvgIpc) is 3.17. The van der Waals surface area contributed by atoms with Gasteiger partial charge >= 0.3 is 0 Å². The normalized spacial score (nSPS) is 11.1. The minimum Gasteiger partial charge on any atom is -0.282 e. The standard InChI is InChI=1S/C24H23N3OS/c1-17(2)19-12-10-18(11-13-19)15-23(28)27(16-20-7-5-6-14-25-20)24-26-21-8-3-4-9-22(21)29-24/h3-14,17H,15-16H2,1-2H3. The van der Waals surface area contributed by atoms with Crippen LogP contribution in [0.15, 0.2) is 72.9 Å². The number of hydrogen-bond donors (Lipinski definition) is 0. The van der Waals surface area contributed by atoms with E-state index < -0.39 is 0 Å². The van der Waals surface area contributed by atoms with E-state index in [0.29, 0.717) is 24.0 Å². The van der Waals surface area contributed by atoms with Crippen molar-refractivity contribution in [1.82, 2.24) is 9.97 Å². The summed E-state index contributed by atoms with van der Waals surface area (Å²) in [5, 5.41) is 0.709. The van der Waals surface area contributed by atoms with Crippen LogP contribution in [-0.4, -0.2) is 15.9 Å². The van der Waals surface area contributed by atoms with Crippen LogP contribution in [-0.2, 0) is 17.8 Å². The summed E-state index contributed by atoms with van der Waals surface area (Å²) in [6.07, 6.45) is 2.09. The van der Waals surface area contributed by atoms with Gasteiger partial charge in [-0.1, -0.05) is 67.6 Å². The first-order valence-corrected chi connectivity index (χ1v) is 10.6. The van der Waals surface area contributed by atoms with Crippen molar-refractivity contribution in [1.29, 1.82) is 0 Å². The maximum Gasteiger partial charge on any atom is 0.233 e. The molecule has 4 nitrogen and oxygen atoms in total. The third-order valence-electron chi connectivity index (χ3n) is 4.86. The van der Waals surface area contributed by atoms with Gasteiger partial charge in [0, 0.05) is 6.20 Å². The summed E-state index contributed by atoms with van der Waals surface area (Å²) in [7, 11) is 0. The van der Waals surface area contributed by atoms with Gasteiger partial charge in [0.25, 0.3) is 0 Å². The first-order chi connectivity index (χ1) is 14.1. The van der Waals surface area contributed by atoms with Crippen LogP contribution in [0, 0.1) is 0 Å². The topological polar surface area (TPSA) is 46.1 Å². The molecular formula is C24H23N3OS. The number of amides is 1. The molecule has 0 N–H and O–H groups in total. The van der Waals surface area contributed by atoms with E-state index >= 15 is 0 Å². The predicted molar refractivity (Wildman–Crippen MR) is 119 cm³/mol. The maximum atomic E-state index is 13.3. The summed E-state index contributed by atoms with van der Waals surface area (Å²) in [6.45, 7) is 4.74. The third kappa shape index (κ3) is 4.51. The van der Waals surface area contributed by atoms with Gasteiger partial charge in [-0.3, -0.25) is 14.7 Å². The molecule has 4 rings (SSSR count). The zero-order valence-corrected chi connectivity index (χ0v) is 17.4. The molecule has 2 aromatic carbocycles. The van der Waals surface area contributed by atoms with E-state index in [1.54, 1.807) is 11.1 Å². The Kier molecular flexibility index (Phi) is 5.67. The van der Waals surface area contributed by atoms with E-state index in [-0.39, 0.29) is 5.91 Å². The van der Waals surface area contributed by atoms with Crippen LogP contribution in [0.3, 0.4) is 0 Å². The molecule has 0 spiro atoms. The molecule has 29 heavy (non-hydrogen) atoms. The number of pyridine rings is 1. The number of thiazole rings is 1. The van der Waals surface area contributed by atoms with Crippen LogP contribution in [0.25, 0.3) is 10.2 Å². The molecular weight excluding hydrogens is 378 g/mol. The van der Waals surface area contributed by atoms with E-state index in [1.807, 2.05) is 54.6 Å². The number of carbonyl (C=O) groups is 1. The molecule has 0 atom stereocenters. The smallest absolute Gasteiger partial charge is 0.233 e. The van der Waals surface area contributed by atoms with Crippen LogP contribution in [0.1, 0.15) is 36.6 Å². The number of hydrogen-bond acceptors (Lipinski definition) is 4. The molecule has 0 bridgehead atoms. The number of aromatic nitrogens is 2. The highest BCUT2D eigenvalue weighted by molar-refractivity contribution is 7.22. The zero-order chi connectivity index (χ0) is 20.2. The molecule has 0 fully saturated rings. The lowest BCUT2D eigenvalue weighted by atomic mass is 10.0. The molecule has 0 saturated carbocycles. The van der Waals surface area contributed by atoms with Gasteiger partial charge < -0.3 is 0 Å². The minimum absolute atomic E-state index is 0.0204. The maximum absolute atomic E-state index is 13.3. The fourth-order valence-corrected chi connectivity index (χ4v) is 4.16. The second-order valence-electron chi connectivity index (χ2n) is 7.34. The summed E-state index contributed by atoms with van der Waals surface area (Å²) < 4.78 is 1.07. The summed E-state index contributed by atoms with van der Waals surface area (Å²) in [5.41, 5.74) is 4.03. The summed E-state index contributed by atoms with van der Waals surface area (Å²) >= 11 is 1.54. The van der Waals surface area contributed by atoms with Crippen LogP contribution in [0.2, 0.25) is 0 Å². The minimum atomic E-state index is 0.0204. The Morgan fingerprint density at radius 1 is 1.00 bits per heavy atom. The predicted octanol–water partition coefficient (Wildman–Crippen LogP) is 5.59. The summed E-state index contributed by atoms with van der Waals surface area (Å²) in [6, 6.07) is 22.0. The fourth-order valence-electron chi connectivity index (χ4n) is 3.18. The van der Waals surface area contributed by atoms with Gasteiger partial charge in [-0.05, 0) is 41.3 Å². The number of rotatable bonds is 6. The number of benzene rings is 2. The second-order valence-corrected chi connectivity index (χ2v) is 8.35. The van der Waals surface area contributed by atoms with Gasteiger partial charge in [-0.15, -0.1) is 0 Å². The lowest BCUT2D eigenvalue weighted by molar-refractivity contribution is -0.118. The van der Waals surface area contributed by atoms with Gasteiger partial charge in [0.2, 0.25) is 5.91 Å². The van der Waals surface area contributed by atoms with Crippen molar-refractivity contribution in [2.75, 3.05) is 4.90 Å². The first-order valence-electron chi connectivity index (χ1n) is 9.75. The van der Waals surface area contributed by atoms with E-state index in [1.165, 1.54) is 16.9 Å². The van der Waals surface area contributed by atoms with Crippen LogP contribution in [0.4, 0.5) is 5.13 Å². The lowest BCUT2D eigenvalue weighted by Gasteiger charge is -2.20. The van der Waals surface area contributed by atoms with Gasteiger partial charge in [0.15, 0.2) is 5.13 Å². The van der Waals surface area contributed by atoms with Crippen LogP contribution >= 0.6 is 11.3 Å². The molecule has 0 aliphatic carbocycles. The zero-order valence-electron chi connectivity index (χ0n) is 16.6. The molecule has 0 radical (unpaired) electrons. The molecule has 0 saturated heterocycles. The van der Waals surface area contributed by atoms with E-state index in [2.05, 4.69) is 31.0 Å². The highest BCUT2D eigenvalue weighted by atomic mass is 32.1. The monoisotopic (exact) mass is 401 g/mol. The molecule has 2 aromatic heterocycles. The molecule has 1 amide bonds. The quantitative estimate of drug-likeness (QED) is 0.423. The van der Waals surface area contributed by atoms with Crippen molar-refractivity contribution < 1.29 is 4.79 Å². The van der Waals surface area contributed by atoms with Crippen molar-refractivity contribution in [3.63, 3.8) is 0 Å². The molecule has 0 aliphatic heterocycles. The largest absolute Gasteiger partial charge is 0.282 e. The molecule has 2 heterocycles. The SMILES string of the molecule is CC(C)c1ccc(CC(=O)N(Cc2ccccn2)c2nc3ccccc3s2)cc1. The molecule has 146 valence electrons. The van der Waals surface area contributed by atoms with E-state index in [0.717, 1.165) is 21.5 Å². The highest BCUT2D eigenvalue weighted by Gasteiger charge is 2.21. The number of fused-ring (bicyclic) bond motifs is 1. The lowest BCUT2D eigenvalue weighted by Crippen LogP contribution is -2.32. The second kappa shape index (κ2) is 8.53. The first kappa shape index (κ1) is 19.3. The van der Waals surface area contributed by atoms with Gasteiger partial charge in [0.05, 0.1) is 28.9 Å². The summed E-state index contributed by atoms with van der Waals surface area (Å²) in [4.78, 5) is 24.1. The van der Waals surface area contributed by atoms with E-state index in [9.17, 15) is 4.79 Å². The van der Waals surface area contributed by atoms with Crippen molar-refractivity contribution in [2.45, 2.75) is 32.7 Å². The Bertz CT molecular complexity index is 1070.